The molecule has 2 rings (SSSR count). The summed E-state index contributed by atoms with van der Waals surface area (Å²) in [6.45, 7) is 8.71. The minimum atomic E-state index is -0.313. The lowest BCUT2D eigenvalue weighted by molar-refractivity contribution is -0.152. The molecular weight excluding hydrogens is 278 g/mol. The largest absolute Gasteiger partial charge is 0.461 e. The molecule has 1 aromatic heterocycles. The highest BCUT2D eigenvalue weighted by atomic mass is 16.5. The zero-order valence-electron chi connectivity index (χ0n) is 14.1. The molecule has 1 aliphatic rings. The average molecular weight is 305 g/mol. The zero-order valence-corrected chi connectivity index (χ0v) is 14.1. The number of rotatable bonds is 3. The molecule has 1 aromatic rings. The van der Waals surface area contributed by atoms with Crippen LogP contribution in [-0.2, 0) is 16.1 Å². The Morgan fingerprint density at radius 2 is 1.86 bits per heavy atom. The van der Waals surface area contributed by atoms with Crippen molar-refractivity contribution in [2.45, 2.75) is 66.0 Å². The van der Waals surface area contributed by atoms with Gasteiger partial charge in [-0.1, -0.05) is 26.8 Å². The fourth-order valence-corrected chi connectivity index (χ4v) is 3.18. The predicted octanol–water partition coefficient (Wildman–Crippen LogP) is 3.30. The van der Waals surface area contributed by atoms with E-state index < -0.39 is 0 Å². The van der Waals surface area contributed by atoms with Crippen molar-refractivity contribution in [3.8, 4) is 0 Å². The molecule has 0 spiro atoms. The second-order valence-corrected chi connectivity index (χ2v) is 7.50. The molecule has 0 unspecified atom stereocenters. The number of pyridine rings is 1. The van der Waals surface area contributed by atoms with Crippen LogP contribution in [-0.4, -0.2) is 16.6 Å². The van der Waals surface area contributed by atoms with Gasteiger partial charge in [0.15, 0.2) is 0 Å². The van der Waals surface area contributed by atoms with Crippen molar-refractivity contribution in [1.29, 1.82) is 0 Å². The lowest BCUT2D eigenvalue weighted by atomic mass is 9.72. The summed E-state index contributed by atoms with van der Waals surface area (Å²) in [5.74, 6) is 0.383. The molecule has 0 radical (unpaired) electrons. The number of carbonyl (C=O) groups excluding carboxylic acids is 1. The van der Waals surface area contributed by atoms with Crippen molar-refractivity contribution in [3.63, 3.8) is 0 Å². The van der Waals surface area contributed by atoms with Gasteiger partial charge in [-0.3, -0.25) is 9.59 Å². The number of aryl methyl sites for hydroxylation is 1. The van der Waals surface area contributed by atoms with E-state index in [2.05, 4.69) is 20.8 Å². The van der Waals surface area contributed by atoms with Crippen molar-refractivity contribution in [3.05, 3.63) is 34.2 Å². The van der Waals surface area contributed by atoms with Gasteiger partial charge in [0.25, 0.3) is 5.56 Å². The quantitative estimate of drug-likeness (QED) is 0.805. The topological polar surface area (TPSA) is 48.3 Å². The van der Waals surface area contributed by atoms with Gasteiger partial charge in [-0.2, -0.15) is 0 Å². The molecule has 0 N–H and O–H groups in total. The maximum absolute atomic E-state index is 12.0. The van der Waals surface area contributed by atoms with Crippen LogP contribution in [0.5, 0.6) is 0 Å². The summed E-state index contributed by atoms with van der Waals surface area (Å²) in [6, 6.07) is 3.23. The number of nitrogens with zero attached hydrogens (tertiary/aromatic N) is 1. The van der Waals surface area contributed by atoms with E-state index in [-0.39, 0.29) is 24.2 Å². The van der Waals surface area contributed by atoms with Gasteiger partial charge < -0.3 is 9.30 Å². The Bertz CT molecular complexity index is 575. The Morgan fingerprint density at radius 1 is 1.23 bits per heavy atom. The monoisotopic (exact) mass is 305 g/mol. The summed E-state index contributed by atoms with van der Waals surface area (Å²) in [5, 5.41) is 0. The lowest BCUT2D eigenvalue weighted by Gasteiger charge is -2.36. The second kappa shape index (κ2) is 6.67. The SMILES string of the molecule is Cc1ccc(=O)n(CC(=O)OC2CCC(C(C)(C)C)CC2)c1. The molecule has 0 bridgehead atoms. The normalized spacial score (nSPS) is 22.4. The Labute approximate surface area is 132 Å². The Hall–Kier alpha value is -1.58. The summed E-state index contributed by atoms with van der Waals surface area (Å²) < 4.78 is 6.97. The van der Waals surface area contributed by atoms with E-state index in [0.29, 0.717) is 11.3 Å². The highest BCUT2D eigenvalue weighted by Crippen LogP contribution is 2.38. The third kappa shape index (κ3) is 4.46. The molecule has 0 amide bonds. The molecule has 22 heavy (non-hydrogen) atoms. The molecule has 1 saturated carbocycles. The first kappa shape index (κ1) is 16.8. The van der Waals surface area contributed by atoms with Crippen molar-refractivity contribution < 1.29 is 9.53 Å². The van der Waals surface area contributed by atoms with Gasteiger partial charge in [0.2, 0.25) is 0 Å². The predicted molar refractivity (Wildman–Crippen MR) is 86.7 cm³/mol. The van der Waals surface area contributed by atoms with E-state index >= 15 is 0 Å². The Morgan fingerprint density at radius 3 is 2.45 bits per heavy atom. The number of esters is 1. The number of carbonyl (C=O) groups is 1. The summed E-state index contributed by atoms with van der Waals surface area (Å²) in [7, 11) is 0. The van der Waals surface area contributed by atoms with Crippen LogP contribution in [0.3, 0.4) is 0 Å². The third-order valence-corrected chi connectivity index (χ3v) is 4.63. The molecule has 0 aromatic carbocycles. The molecule has 1 fully saturated rings. The molecule has 1 aliphatic carbocycles. The summed E-state index contributed by atoms with van der Waals surface area (Å²) >= 11 is 0. The van der Waals surface area contributed by atoms with Crippen LogP contribution in [0.15, 0.2) is 23.1 Å². The van der Waals surface area contributed by atoms with Gasteiger partial charge in [-0.05, 0) is 49.5 Å². The van der Waals surface area contributed by atoms with Gasteiger partial charge in [-0.25, -0.2) is 0 Å². The van der Waals surface area contributed by atoms with Crippen molar-refractivity contribution >= 4 is 5.97 Å². The van der Waals surface area contributed by atoms with E-state index in [0.717, 1.165) is 31.2 Å². The van der Waals surface area contributed by atoms with E-state index in [1.54, 1.807) is 12.3 Å². The van der Waals surface area contributed by atoms with E-state index in [1.165, 1.54) is 10.6 Å². The summed E-state index contributed by atoms with van der Waals surface area (Å²) in [5.41, 5.74) is 1.11. The van der Waals surface area contributed by atoms with Crippen LogP contribution in [0.2, 0.25) is 0 Å². The van der Waals surface area contributed by atoms with Gasteiger partial charge in [0.1, 0.15) is 12.6 Å². The first-order valence-corrected chi connectivity index (χ1v) is 8.12. The standard InChI is InChI=1S/C18H27NO3/c1-13-5-10-16(20)19(11-13)12-17(21)22-15-8-6-14(7-9-15)18(2,3)4/h5,10-11,14-15H,6-9,12H2,1-4H3. The van der Waals surface area contributed by atoms with Crippen LogP contribution in [0.4, 0.5) is 0 Å². The van der Waals surface area contributed by atoms with Crippen molar-refractivity contribution in [2.75, 3.05) is 0 Å². The molecule has 122 valence electrons. The molecule has 0 atom stereocenters. The van der Waals surface area contributed by atoms with E-state index in [9.17, 15) is 9.59 Å². The molecule has 4 nitrogen and oxygen atoms in total. The van der Waals surface area contributed by atoms with Gasteiger partial charge in [0.05, 0.1) is 0 Å². The van der Waals surface area contributed by atoms with Gasteiger partial charge in [0, 0.05) is 12.3 Å². The number of aromatic nitrogens is 1. The minimum Gasteiger partial charge on any atom is -0.461 e. The summed E-state index contributed by atoms with van der Waals surface area (Å²) in [4.78, 5) is 23.7. The van der Waals surface area contributed by atoms with Crippen LogP contribution < -0.4 is 5.56 Å². The number of ether oxygens (including phenoxy) is 1. The first-order valence-electron chi connectivity index (χ1n) is 8.12. The fraction of sp³-hybridized carbons (Fsp3) is 0.667. The van der Waals surface area contributed by atoms with Crippen molar-refractivity contribution in [2.24, 2.45) is 11.3 Å². The Kier molecular flexibility index (Phi) is 5.09. The minimum absolute atomic E-state index is 0.000285. The van der Waals surface area contributed by atoms with Gasteiger partial charge in [-0.15, -0.1) is 0 Å². The molecule has 0 aliphatic heterocycles. The highest BCUT2D eigenvalue weighted by molar-refractivity contribution is 5.69. The van der Waals surface area contributed by atoms with Crippen LogP contribution in [0.1, 0.15) is 52.0 Å². The fourth-order valence-electron chi connectivity index (χ4n) is 3.18. The average Bonchev–Trinajstić information content (AvgIpc) is 2.42. The third-order valence-electron chi connectivity index (χ3n) is 4.63. The number of hydrogen-bond acceptors (Lipinski definition) is 3. The first-order chi connectivity index (χ1) is 10.3. The Balaban J connectivity index is 1.86. The molecule has 1 heterocycles. The van der Waals surface area contributed by atoms with Crippen LogP contribution >= 0.6 is 0 Å². The molecular formula is C18H27NO3. The smallest absolute Gasteiger partial charge is 0.326 e. The van der Waals surface area contributed by atoms with Crippen LogP contribution in [0.25, 0.3) is 0 Å². The van der Waals surface area contributed by atoms with Crippen molar-refractivity contribution in [1.82, 2.24) is 4.57 Å². The lowest BCUT2D eigenvalue weighted by Crippen LogP contribution is -2.32. The van der Waals surface area contributed by atoms with Gasteiger partial charge >= 0.3 is 5.97 Å². The van der Waals surface area contributed by atoms with E-state index in [4.69, 9.17) is 4.74 Å². The maximum Gasteiger partial charge on any atom is 0.326 e. The van der Waals surface area contributed by atoms with Crippen LogP contribution in [0, 0.1) is 18.3 Å². The molecule has 0 saturated heterocycles. The molecule has 4 heteroatoms. The number of hydrogen-bond donors (Lipinski definition) is 0. The second-order valence-electron chi connectivity index (χ2n) is 7.50. The highest BCUT2D eigenvalue weighted by Gasteiger charge is 2.31. The van der Waals surface area contributed by atoms with E-state index in [1.807, 2.05) is 6.92 Å². The zero-order chi connectivity index (χ0) is 16.3. The summed E-state index contributed by atoms with van der Waals surface area (Å²) in [6.07, 6.45) is 5.76. The maximum atomic E-state index is 12.0.